The molecular formula is C5H14ClNO. The summed E-state index contributed by atoms with van der Waals surface area (Å²) in [5.41, 5.74) is -0.139. The topological polar surface area (TPSA) is 52.1 Å². The largest absolute Gasteiger partial charge is 0.344 e. The number of halogens is 1. The second-order valence-electron chi connectivity index (χ2n) is 2.48. The van der Waals surface area contributed by atoms with Crippen LogP contribution in [0.2, 0.25) is 0 Å². The van der Waals surface area contributed by atoms with Crippen LogP contribution >= 0.6 is 12.4 Å². The molecule has 0 spiro atoms. The molecule has 0 aromatic rings. The lowest BCUT2D eigenvalue weighted by Gasteiger charge is -2.03. The Morgan fingerprint density at radius 1 is 1.25 bits per heavy atom. The summed E-state index contributed by atoms with van der Waals surface area (Å²) < 4.78 is 0. The third-order valence-electron chi connectivity index (χ3n) is 0.354. The Balaban J connectivity index is -0.000000125. The second kappa shape index (κ2) is 5.06. The number of hydrogen-bond donors (Lipinski definition) is 1. The van der Waals surface area contributed by atoms with Crippen LogP contribution in [0, 0.1) is 5.41 Å². The van der Waals surface area contributed by atoms with Crippen LogP contribution in [0.15, 0.2) is 0 Å². The van der Waals surface area contributed by atoms with E-state index in [2.05, 4.69) is 0 Å². The molecule has 0 unspecified atom stereocenters. The van der Waals surface area contributed by atoms with Gasteiger partial charge in [-0.3, -0.25) is 0 Å². The van der Waals surface area contributed by atoms with Gasteiger partial charge in [-0.1, -0.05) is 20.8 Å². The van der Waals surface area contributed by atoms with Gasteiger partial charge < -0.3 is 10.9 Å². The zero-order chi connectivity index (χ0) is 5.21. The molecule has 0 atom stereocenters. The summed E-state index contributed by atoms with van der Waals surface area (Å²) in [6.07, 6.45) is 0.938. The third kappa shape index (κ3) is 16.8. The lowest BCUT2D eigenvalue weighted by molar-refractivity contribution is -0.113. The van der Waals surface area contributed by atoms with Crippen molar-refractivity contribution >= 4 is 18.7 Å². The Bertz CT molecular complexity index is 57.9. The lowest BCUT2D eigenvalue weighted by Crippen LogP contribution is -2.04. The van der Waals surface area contributed by atoms with E-state index in [4.69, 9.17) is 0 Å². The fraction of sp³-hybridized carbons (Fsp3) is 0.800. The van der Waals surface area contributed by atoms with E-state index in [1.165, 1.54) is 0 Å². The van der Waals surface area contributed by atoms with Crippen molar-refractivity contribution in [2.75, 3.05) is 0 Å². The van der Waals surface area contributed by atoms with Crippen molar-refractivity contribution in [3.63, 3.8) is 0 Å². The molecule has 0 rings (SSSR count). The highest BCUT2D eigenvalue weighted by atomic mass is 35.5. The summed E-state index contributed by atoms with van der Waals surface area (Å²) in [6, 6.07) is 0. The van der Waals surface area contributed by atoms with Crippen LogP contribution in [0.25, 0.3) is 0 Å². The van der Waals surface area contributed by atoms with E-state index in [0.29, 0.717) is 0 Å². The number of aldehydes is 1. The Hall–Kier alpha value is -0.0800. The van der Waals surface area contributed by atoms with Crippen LogP contribution in [0.4, 0.5) is 0 Å². The van der Waals surface area contributed by atoms with E-state index < -0.39 is 0 Å². The second-order valence-corrected chi connectivity index (χ2v) is 2.48. The van der Waals surface area contributed by atoms with E-state index >= 15 is 0 Å². The number of hydrogen-bond acceptors (Lipinski definition) is 2. The van der Waals surface area contributed by atoms with Gasteiger partial charge in [-0.15, -0.1) is 12.4 Å². The maximum absolute atomic E-state index is 9.83. The van der Waals surface area contributed by atoms with Crippen molar-refractivity contribution in [2.24, 2.45) is 5.41 Å². The van der Waals surface area contributed by atoms with Crippen LogP contribution in [0.1, 0.15) is 20.8 Å². The Morgan fingerprint density at radius 2 is 1.38 bits per heavy atom. The van der Waals surface area contributed by atoms with Crippen molar-refractivity contribution < 1.29 is 4.79 Å². The van der Waals surface area contributed by atoms with Crippen LogP contribution in [-0.2, 0) is 4.79 Å². The summed E-state index contributed by atoms with van der Waals surface area (Å²) in [5, 5.41) is 0. The molecule has 0 saturated heterocycles. The van der Waals surface area contributed by atoms with Crippen LogP contribution in [0.3, 0.4) is 0 Å². The van der Waals surface area contributed by atoms with Crippen molar-refractivity contribution in [3.05, 3.63) is 0 Å². The lowest BCUT2D eigenvalue weighted by atomic mass is 10.0. The number of carbonyl (C=O) groups excluding carboxylic acids is 1. The fourth-order valence-corrected chi connectivity index (χ4v) is 0. The molecular weight excluding hydrogens is 126 g/mol. The smallest absolute Gasteiger partial charge is 0.125 e. The molecule has 0 radical (unpaired) electrons. The molecule has 0 aromatic heterocycles. The average Bonchev–Trinajstić information content (AvgIpc) is 1.35. The molecule has 0 aliphatic heterocycles. The maximum Gasteiger partial charge on any atom is 0.125 e. The minimum Gasteiger partial charge on any atom is -0.344 e. The highest BCUT2D eigenvalue weighted by molar-refractivity contribution is 5.85. The molecule has 8 heavy (non-hydrogen) atoms. The SMILES string of the molecule is CC(C)(C)C=O.Cl.N. The molecule has 0 bridgehead atoms. The monoisotopic (exact) mass is 139 g/mol. The molecule has 0 aliphatic carbocycles. The first kappa shape index (κ1) is 15.7. The first-order valence-corrected chi connectivity index (χ1v) is 2.02. The third-order valence-corrected chi connectivity index (χ3v) is 0.354. The fourth-order valence-electron chi connectivity index (χ4n) is 0. The van der Waals surface area contributed by atoms with Gasteiger partial charge in [0.15, 0.2) is 0 Å². The summed E-state index contributed by atoms with van der Waals surface area (Å²) in [5.74, 6) is 0. The molecule has 0 fully saturated rings. The Labute approximate surface area is 56.6 Å². The maximum atomic E-state index is 9.83. The molecule has 3 heteroatoms. The van der Waals surface area contributed by atoms with Gasteiger partial charge in [0.2, 0.25) is 0 Å². The summed E-state index contributed by atoms with van der Waals surface area (Å²) in [6.45, 7) is 5.62. The van der Waals surface area contributed by atoms with Crippen molar-refractivity contribution in [3.8, 4) is 0 Å². The minimum atomic E-state index is -0.139. The standard InChI is InChI=1S/C5H10O.ClH.H3N/c1-5(2,3)4-6;;/h4H,1-3H3;1H;1H3. The van der Waals surface area contributed by atoms with Gasteiger partial charge in [0.1, 0.15) is 6.29 Å². The highest BCUT2D eigenvalue weighted by Gasteiger charge is 2.04. The molecule has 0 saturated carbocycles. The van der Waals surface area contributed by atoms with Crippen LogP contribution < -0.4 is 6.15 Å². The van der Waals surface area contributed by atoms with Crippen molar-refractivity contribution in [2.45, 2.75) is 20.8 Å². The normalized spacial score (nSPS) is 8.38. The van der Waals surface area contributed by atoms with Crippen molar-refractivity contribution in [1.29, 1.82) is 0 Å². The van der Waals surface area contributed by atoms with E-state index in [9.17, 15) is 4.79 Å². The Morgan fingerprint density at radius 3 is 1.38 bits per heavy atom. The van der Waals surface area contributed by atoms with E-state index in [0.717, 1.165) is 6.29 Å². The van der Waals surface area contributed by atoms with E-state index in [1.54, 1.807) is 0 Å². The first-order chi connectivity index (χ1) is 2.56. The first-order valence-electron chi connectivity index (χ1n) is 2.02. The van der Waals surface area contributed by atoms with Gasteiger partial charge in [-0.25, -0.2) is 0 Å². The molecule has 0 aliphatic rings. The molecule has 0 heterocycles. The van der Waals surface area contributed by atoms with Crippen LogP contribution in [0.5, 0.6) is 0 Å². The zero-order valence-corrected chi connectivity index (χ0v) is 6.42. The molecule has 52 valence electrons. The quantitative estimate of drug-likeness (QED) is 0.521. The summed E-state index contributed by atoms with van der Waals surface area (Å²) in [4.78, 5) is 9.83. The molecule has 0 amide bonds. The Kier molecular flexibility index (Phi) is 9.92. The highest BCUT2D eigenvalue weighted by Crippen LogP contribution is 2.05. The van der Waals surface area contributed by atoms with E-state index in [1.807, 2.05) is 20.8 Å². The molecule has 0 aromatic carbocycles. The minimum absolute atomic E-state index is 0. The van der Waals surface area contributed by atoms with Crippen LogP contribution in [-0.4, -0.2) is 6.29 Å². The van der Waals surface area contributed by atoms with Gasteiger partial charge in [-0.05, 0) is 0 Å². The summed E-state index contributed by atoms with van der Waals surface area (Å²) in [7, 11) is 0. The van der Waals surface area contributed by atoms with Gasteiger partial charge >= 0.3 is 0 Å². The zero-order valence-electron chi connectivity index (χ0n) is 5.60. The summed E-state index contributed by atoms with van der Waals surface area (Å²) >= 11 is 0. The average molecular weight is 140 g/mol. The number of carbonyl (C=O) groups is 1. The van der Waals surface area contributed by atoms with Gasteiger partial charge in [-0.2, -0.15) is 0 Å². The molecule has 2 nitrogen and oxygen atoms in total. The predicted octanol–water partition coefficient (Wildman–Crippen LogP) is 1.82. The predicted molar refractivity (Wildman–Crippen MR) is 37.8 cm³/mol. The van der Waals surface area contributed by atoms with Gasteiger partial charge in [0.05, 0.1) is 0 Å². The van der Waals surface area contributed by atoms with Crippen molar-refractivity contribution in [1.82, 2.24) is 6.15 Å². The number of rotatable bonds is 0. The molecule has 3 N–H and O–H groups in total. The van der Waals surface area contributed by atoms with Gasteiger partial charge in [0.25, 0.3) is 0 Å². The van der Waals surface area contributed by atoms with Gasteiger partial charge in [0, 0.05) is 5.41 Å². The van der Waals surface area contributed by atoms with E-state index in [-0.39, 0.29) is 24.0 Å².